The maximum absolute atomic E-state index is 10.1. The van der Waals surface area contributed by atoms with E-state index in [0.29, 0.717) is 22.3 Å². The van der Waals surface area contributed by atoms with Crippen LogP contribution in [0.5, 0.6) is 5.75 Å². The number of aliphatic hydroxyl groups is 1. The van der Waals surface area contributed by atoms with E-state index in [-0.39, 0.29) is 12.1 Å². The molecule has 1 fully saturated rings. The summed E-state index contributed by atoms with van der Waals surface area (Å²) >= 11 is 6.08. The molecular formula is C20H23ClN4O2. The molecule has 27 heavy (non-hydrogen) atoms. The number of aliphatic imine (C=N–C) groups is 1. The molecule has 0 radical (unpaired) electrons. The first-order valence-corrected chi connectivity index (χ1v) is 9.20. The van der Waals surface area contributed by atoms with Crippen LogP contribution in [0.3, 0.4) is 0 Å². The second-order valence-corrected chi connectivity index (χ2v) is 6.85. The number of ether oxygens (including phenoxy) is 1. The maximum Gasteiger partial charge on any atom is 0.158 e. The number of hydrogen-bond donors (Lipinski definition) is 2. The van der Waals surface area contributed by atoms with E-state index in [9.17, 15) is 5.11 Å². The number of methoxy groups -OCH3 is 1. The van der Waals surface area contributed by atoms with Crippen molar-refractivity contribution in [3.63, 3.8) is 0 Å². The van der Waals surface area contributed by atoms with Crippen LogP contribution in [-0.4, -0.2) is 47.8 Å². The summed E-state index contributed by atoms with van der Waals surface area (Å²) in [5.74, 6) is 1.18. The van der Waals surface area contributed by atoms with Gasteiger partial charge in [-0.3, -0.25) is 4.99 Å². The number of hydrogen-bond acceptors (Lipinski definition) is 6. The minimum absolute atomic E-state index is 0.0445. The highest BCUT2D eigenvalue weighted by molar-refractivity contribution is 6.30. The molecule has 0 spiro atoms. The number of halogens is 1. The van der Waals surface area contributed by atoms with Crippen molar-refractivity contribution in [2.45, 2.75) is 31.4 Å². The van der Waals surface area contributed by atoms with E-state index >= 15 is 0 Å². The van der Waals surface area contributed by atoms with Crippen molar-refractivity contribution in [2.75, 3.05) is 19.5 Å². The number of benzene rings is 1. The summed E-state index contributed by atoms with van der Waals surface area (Å²) in [7, 11) is 3.28. The summed E-state index contributed by atoms with van der Waals surface area (Å²) in [6.45, 7) is 3.95. The Morgan fingerprint density at radius 3 is 2.78 bits per heavy atom. The smallest absolute Gasteiger partial charge is 0.158 e. The predicted octanol–water partition coefficient (Wildman–Crippen LogP) is 3.82. The Labute approximate surface area is 164 Å². The molecule has 2 atom stereocenters. The molecule has 3 rings (SSSR count). The molecule has 6 nitrogen and oxygen atoms in total. The van der Waals surface area contributed by atoms with Gasteiger partial charge in [0.05, 0.1) is 19.3 Å². The first-order chi connectivity index (χ1) is 13.1. The summed E-state index contributed by atoms with van der Waals surface area (Å²) < 4.78 is 5.46. The fourth-order valence-electron chi connectivity index (χ4n) is 3.38. The molecule has 1 saturated carbocycles. The molecule has 0 unspecified atom stereocenters. The molecule has 0 saturated heterocycles. The van der Waals surface area contributed by atoms with Crippen molar-refractivity contribution in [2.24, 2.45) is 4.99 Å². The Kier molecular flexibility index (Phi) is 6.08. The molecule has 1 heterocycles. The first kappa shape index (κ1) is 19.3. The van der Waals surface area contributed by atoms with Crippen molar-refractivity contribution < 1.29 is 9.84 Å². The van der Waals surface area contributed by atoms with E-state index in [1.807, 2.05) is 6.07 Å². The van der Waals surface area contributed by atoms with Crippen LogP contribution < -0.4 is 10.1 Å². The van der Waals surface area contributed by atoms with Gasteiger partial charge in [-0.2, -0.15) is 0 Å². The van der Waals surface area contributed by atoms with Gasteiger partial charge in [0.25, 0.3) is 0 Å². The van der Waals surface area contributed by atoms with Gasteiger partial charge in [-0.25, -0.2) is 0 Å². The zero-order valence-corrected chi connectivity index (χ0v) is 16.2. The average molecular weight is 387 g/mol. The average Bonchev–Trinajstić information content (AvgIpc) is 3.07. The lowest BCUT2D eigenvalue weighted by Crippen LogP contribution is -2.29. The van der Waals surface area contributed by atoms with Crippen LogP contribution in [0.15, 0.2) is 29.8 Å². The Bertz CT molecular complexity index is 869. The molecule has 2 aromatic rings. The van der Waals surface area contributed by atoms with Crippen LogP contribution >= 0.6 is 11.6 Å². The van der Waals surface area contributed by atoms with Gasteiger partial charge in [0.1, 0.15) is 11.4 Å². The standard InChI is InChI=1S/C20H23ClN4O2/c1-4-13-15(11-22-2)20(23-16-6-5-7-17(16)26)25-24-19(13)14-9-8-12(21)10-18(14)27-3/h4,8-11,16-17,26H,1,5-7H2,2-3H3,(H,23,25)/t16-,17-/m0/s1. The van der Waals surface area contributed by atoms with Gasteiger partial charge < -0.3 is 15.2 Å². The molecular weight excluding hydrogens is 364 g/mol. The SMILES string of the molecule is C=Cc1c(-c2ccc(Cl)cc2OC)nnc(N[C@H]2CCC[C@@H]2O)c1C=NC. The number of aliphatic hydroxyl groups excluding tert-OH is 1. The van der Waals surface area contributed by atoms with E-state index in [1.54, 1.807) is 38.6 Å². The first-order valence-electron chi connectivity index (χ1n) is 8.82. The van der Waals surface area contributed by atoms with Gasteiger partial charge >= 0.3 is 0 Å². The lowest BCUT2D eigenvalue weighted by Gasteiger charge is -2.20. The number of anilines is 1. The lowest BCUT2D eigenvalue weighted by atomic mass is 10.0. The van der Waals surface area contributed by atoms with Crippen molar-refractivity contribution in [3.8, 4) is 17.0 Å². The fraction of sp³-hybridized carbons (Fsp3) is 0.350. The zero-order chi connectivity index (χ0) is 19.4. The van der Waals surface area contributed by atoms with E-state index < -0.39 is 0 Å². The summed E-state index contributed by atoms with van der Waals surface area (Å²) in [5.41, 5.74) is 2.95. The quantitative estimate of drug-likeness (QED) is 0.737. The number of rotatable bonds is 6. The molecule has 7 heteroatoms. The third-order valence-electron chi connectivity index (χ3n) is 4.73. The zero-order valence-electron chi connectivity index (χ0n) is 15.4. The van der Waals surface area contributed by atoms with E-state index in [4.69, 9.17) is 16.3 Å². The van der Waals surface area contributed by atoms with E-state index in [1.165, 1.54) is 0 Å². The maximum atomic E-state index is 10.1. The molecule has 1 aliphatic rings. The number of aromatic nitrogens is 2. The van der Waals surface area contributed by atoms with Crippen LogP contribution in [0.1, 0.15) is 30.4 Å². The van der Waals surface area contributed by atoms with Crippen LogP contribution in [0.4, 0.5) is 5.82 Å². The second kappa shape index (κ2) is 8.50. The highest BCUT2D eigenvalue weighted by atomic mass is 35.5. The monoisotopic (exact) mass is 386 g/mol. The number of nitrogens with zero attached hydrogens (tertiary/aromatic N) is 3. The fourth-order valence-corrected chi connectivity index (χ4v) is 3.54. The van der Waals surface area contributed by atoms with Crippen LogP contribution in [0.25, 0.3) is 17.3 Å². The van der Waals surface area contributed by atoms with E-state index in [0.717, 1.165) is 36.0 Å². The largest absolute Gasteiger partial charge is 0.496 e. The lowest BCUT2D eigenvalue weighted by molar-refractivity contribution is 0.171. The summed E-state index contributed by atoms with van der Waals surface area (Å²) in [5, 5.41) is 22.8. The van der Waals surface area contributed by atoms with Crippen LogP contribution in [-0.2, 0) is 0 Å². The van der Waals surface area contributed by atoms with Crippen molar-refractivity contribution in [3.05, 3.63) is 40.9 Å². The van der Waals surface area contributed by atoms with Gasteiger partial charge in [-0.15, -0.1) is 10.2 Å². The normalized spacial score (nSPS) is 19.4. The molecule has 0 aliphatic heterocycles. The third-order valence-corrected chi connectivity index (χ3v) is 4.97. The van der Waals surface area contributed by atoms with Gasteiger partial charge in [0, 0.05) is 35.0 Å². The third kappa shape index (κ3) is 3.96. The van der Waals surface area contributed by atoms with Crippen LogP contribution in [0, 0.1) is 0 Å². The summed E-state index contributed by atoms with van der Waals surface area (Å²) in [6, 6.07) is 5.32. The van der Waals surface area contributed by atoms with E-state index in [2.05, 4.69) is 27.1 Å². The Hall–Kier alpha value is -2.44. The summed E-state index contributed by atoms with van der Waals surface area (Å²) in [4.78, 5) is 4.16. The van der Waals surface area contributed by atoms with Gasteiger partial charge in [-0.1, -0.05) is 24.3 Å². The Morgan fingerprint density at radius 1 is 1.33 bits per heavy atom. The second-order valence-electron chi connectivity index (χ2n) is 6.41. The molecule has 2 N–H and O–H groups in total. The van der Waals surface area contributed by atoms with Gasteiger partial charge in [-0.05, 0) is 37.5 Å². The summed E-state index contributed by atoms with van der Waals surface area (Å²) in [6.07, 6.45) is 5.73. The van der Waals surface area contributed by atoms with Crippen molar-refractivity contribution in [1.29, 1.82) is 0 Å². The van der Waals surface area contributed by atoms with Gasteiger partial charge in [0.2, 0.25) is 0 Å². The molecule has 0 bridgehead atoms. The highest BCUT2D eigenvalue weighted by Gasteiger charge is 2.27. The molecule has 1 aromatic carbocycles. The molecule has 142 valence electrons. The highest BCUT2D eigenvalue weighted by Crippen LogP contribution is 2.36. The Balaban J connectivity index is 2.12. The molecule has 0 amide bonds. The minimum atomic E-state index is -0.388. The number of nitrogens with one attached hydrogen (secondary N) is 1. The van der Waals surface area contributed by atoms with Crippen LogP contribution in [0.2, 0.25) is 5.02 Å². The van der Waals surface area contributed by atoms with Crippen molar-refractivity contribution in [1.82, 2.24) is 10.2 Å². The van der Waals surface area contributed by atoms with Crippen molar-refractivity contribution >= 4 is 29.7 Å². The predicted molar refractivity (Wildman–Crippen MR) is 110 cm³/mol. The molecule has 1 aromatic heterocycles. The minimum Gasteiger partial charge on any atom is -0.496 e. The van der Waals surface area contributed by atoms with Gasteiger partial charge in [0.15, 0.2) is 5.82 Å². The molecule has 1 aliphatic carbocycles. The Morgan fingerprint density at radius 2 is 2.15 bits per heavy atom. The topological polar surface area (TPSA) is 79.6 Å².